The van der Waals surface area contributed by atoms with E-state index in [1.807, 2.05) is 6.92 Å². The van der Waals surface area contributed by atoms with E-state index in [9.17, 15) is 9.18 Å². The highest BCUT2D eigenvalue weighted by molar-refractivity contribution is 6.07. The molecule has 0 saturated heterocycles. The summed E-state index contributed by atoms with van der Waals surface area (Å²) in [6.45, 7) is 4.39. The van der Waals surface area contributed by atoms with Gasteiger partial charge in [-0.15, -0.1) is 0 Å². The lowest BCUT2D eigenvalue weighted by molar-refractivity contribution is 0.102. The Hall–Kier alpha value is -2.43. The Morgan fingerprint density at radius 1 is 1.35 bits per heavy atom. The topological polar surface area (TPSA) is 54.0 Å². The van der Waals surface area contributed by atoms with Gasteiger partial charge in [0.15, 0.2) is 0 Å². The zero-order chi connectivity index (χ0) is 14.5. The van der Waals surface area contributed by atoms with Crippen LogP contribution in [0.15, 0.2) is 36.7 Å². The molecule has 0 fully saturated rings. The molecule has 2 rings (SSSR count). The van der Waals surface area contributed by atoms with Crippen molar-refractivity contribution >= 4 is 17.3 Å². The van der Waals surface area contributed by atoms with Crippen LogP contribution in [-0.4, -0.2) is 17.4 Å². The van der Waals surface area contributed by atoms with Gasteiger partial charge in [-0.1, -0.05) is 0 Å². The van der Waals surface area contributed by atoms with Crippen molar-refractivity contribution in [3.63, 3.8) is 0 Å². The van der Waals surface area contributed by atoms with E-state index in [0.29, 0.717) is 23.5 Å². The van der Waals surface area contributed by atoms with Crippen molar-refractivity contribution in [3.05, 3.63) is 53.6 Å². The van der Waals surface area contributed by atoms with Gasteiger partial charge in [0, 0.05) is 18.4 Å². The van der Waals surface area contributed by atoms with Gasteiger partial charge in [-0.25, -0.2) is 4.39 Å². The Balaban J connectivity index is 2.23. The molecule has 0 aliphatic heterocycles. The van der Waals surface area contributed by atoms with Crippen molar-refractivity contribution in [1.82, 2.24) is 4.98 Å². The number of aryl methyl sites for hydroxylation is 1. The summed E-state index contributed by atoms with van der Waals surface area (Å²) >= 11 is 0. The van der Waals surface area contributed by atoms with Crippen LogP contribution < -0.4 is 10.6 Å². The van der Waals surface area contributed by atoms with Crippen molar-refractivity contribution in [3.8, 4) is 0 Å². The SMILES string of the molecule is CCNc1cnccc1C(=O)Nc1cc(C)cc(F)c1. The molecule has 2 N–H and O–H groups in total. The molecule has 2 aromatic rings. The average Bonchev–Trinajstić information content (AvgIpc) is 2.38. The van der Waals surface area contributed by atoms with Crippen LogP contribution in [0.2, 0.25) is 0 Å². The number of nitrogens with zero attached hydrogens (tertiary/aromatic N) is 1. The van der Waals surface area contributed by atoms with E-state index < -0.39 is 0 Å². The number of halogens is 1. The second-order valence-electron chi connectivity index (χ2n) is 4.42. The first-order chi connectivity index (χ1) is 9.60. The highest BCUT2D eigenvalue weighted by Gasteiger charge is 2.11. The van der Waals surface area contributed by atoms with E-state index in [-0.39, 0.29) is 11.7 Å². The fourth-order valence-corrected chi connectivity index (χ4v) is 1.93. The molecule has 5 heteroatoms. The molecule has 0 spiro atoms. The number of rotatable bonds is 4. The minimum absolute atomic E-state index is 0.298. The van der Waals surface area contributed by atoms with Gasteiger partial charge in [-0.3, -0.25) is 9.78 Å². The predicted octanol–water partition coefficient (Wildman–Crippen LogP) is 3.21. The number of hydrogen-bond donors (Lipinski definition) is 2. The molecule has 0 saturated carbocycles. The molecule has 0 bridgehead atoms. The molecular weight excluding hydrogens is 257 g/mol. The first-order valence-electron chi connectivity index (χ1n) is 6.36. The van der Waals surface area contributed by atoms with Gasteiger partial charge in [-0.05, 0) is 43.7 Å². The molecule has 1 heterocycles. The van der Waals surface area contributed by atoms with Crippen LogP contribution >= 0.6 is 0 Å². The lowest BCUT2D eigenvalue weighted by Gasteiger charge is -2.11. The van der Waals surface area contributed by atoms with E-state index in [0.717, 1.165) is 5.56 Å². The molecule has 0 aliphatic carbocycles. The first-order valence-corrected chi connectivity index (χ1v) is 6.36. The quantitative estimate of drug-likeness (QED) is 0.899. The van der Waals surface area contributed by atoms with E-state index >= 15 is 0 Å². The number of aromatic nitrogens is 1. The van der Waals surface area contributed by atoms with Gasteiger partial charge in [0.05, 0.1) is 17.4 Å². The van der Waals surface area contributed by atoms with Gasteiger partial charge in [0.1, 0.15) is 5.82 Å². The largest absolute Gasteiger partial charge is 0.383 e. The standard InChI is InChI=1S/C15H16FN3O/c1-3-18-14-9-17-5-4-13(14)15(20)19-12-7-10(2)6-11(16)8-12/h4-9,18H,3H2,1-2H3,(H,19,20). The van der Waals surface area contributed by atoms with Crippen LogP contribution in [0.25, 0.3) is 0 Å². The van der Waals surface area contributed by atoms with Crippen LogP contribution in [0.5, 0.6) is 0 Å². The second-order valence-corrected chi connectivity index (χ2v) is 4.42. The predicted molar refractivity (Wildman–Crippen MR) is 77.5 cm³/mol. The summed E-state index contributed by atoms with van der Waals surface area (Å²) in [5.74, 6) is -0.671. The van der Waals surface area contributed by atoms with E-state index in [2.05, 4.69) is 15.6 Å². The first kappa shape index (κ1) is 14.0. The van der Waals surface area contributed by atoms with Gasteiger partial charge < -0.3 is 10.6 Å². The molecule has 0 atom stereocenters. The van der Waals surface area contributed by atoms with Crippen molar-refractivity contribution < 1.29 is 9.18 Å². The van der Waals surface area contributed by atoms with E-state index in [1.54, 1.807) is 31.5 Å². The van der Waals surface area contributed by atoms with E-state index in [4.69, 9.17) is 0 Å². The molecule has 20 heavy (non-hydrogen) atoms. The summed E-state index contributed by atoms with van der Waals surface area (Å²) in [6, 6.07) is 6.04. The minimum atomic E-state index is -0.373. The summed E-state index contributed by atoms with van der Waals surface area (Å²) in [5.41, 5.74) is 2.32. The van der Waals surface area contributed by atoms with Crippen LogP contribution in [0.4, 0.5) is 15.8 Å². The average molecular weight is 273 g/mol. The van der Waals surface area contributed by atoms with Gasteiger partial charge >= 0.3 is 0 Å². The molecular formula is C15H16FN3O. The number of hydrogen-bond acceptors (Lipinski definition) is 3. The third kappa shape index (κ3) is 3.32. The number of pyridine rings is 1. The van der Waals surface area contributed by atoms with Crippen molar-refractivity contribution in [2.45, 2.75) is 13.8 Å². The number of carbonyl (C=O) groups excluding carboxylic acids is 1. The third-order valence-corrected chi connectivity index (χ3v) is 2.73. The van der Waals surface area contributed by atoms with Crippen molar-refractivity contribution in [1.29, 1.82) is 0 Å². The molecule has 1 aromatic carbocycles. The molecule has 104 valence electrons. The highest BCUT2D eigenvalue weighted by atomic mass is 19.1. The van der Waals surface area contributed by atoms with Crippen LogP contribution in [0.1, 0.15) is 22.8 Å². The lowest BCUT2D eigenvalue weighted by Crippen LogP contribution is -2.15. The number of anilines is 2. The molecule has 1 amide bonds. The Morgan fingerprint density at radius 2 is 2.15 bits per heavy atom. The molecule has 0 unspecified atom stereocenters. The number of nitrogens with one attached hydrogen (secondary N) is 2. The Labute approximate surface area is 117 Å². The monoisotopic (exact) mass is 273 g/mol. The maximum absolute atomic E-state index is 13.3. The fourth-order valence-electron chi connectivity index (χ4n) is 1.93. The number of benzene rings is 1. The maximum atomic E-state index is 13.3. The number of amides is 1. The number of carbonyl (C=O) groups is 1. The second kappa shape index (κ2) is 6.14. The summed E-state index contributed by atoms with van der Waals surface area (Å²) in [5, 5.41) is 5.76. The molecule has 0 radical (unpaired) electrons. The van der Waals surface area contributed by atoms with Gasteiger partial charge in [0.2, 0.25) is 0 Å². The summed E-state index contributed by atoms with van der Waals surface area (Å²) < 4.78 is 13.3. The zero-order valence-electron chi connectivity index (χ0n) is 11.4. The normalized spacial score (nSPS) is 10.2. The Bertz CT molecular complexity index is 608. The summed E-state index contributed by atoms with van der Waals surface area (Å²) in [7, 11) is 0. The molecule has 1 aromatic heterocycles. The van der Waals surface area contributed by atoms with Gasteiger partial charge in [0.25, 0.3) is 5.91 Å². The fraction of sp³-hybridized carbons (Fsp3) is 0.200. The molecule has 4 nitrogen and oxygen atoms in total. The molecule has 0 aliphatic rings. The van der Waals surface area contributed by atoms with Crippen LogP contribution in [0.3, 0.4) is 0 Å². The summed E-state index contributed by atoms with van der Waals surface area (Å²) in [6.07, 6.45) is 3.14. The smallest absolute Gasteiger partial charge is 0.257 e. The van der Waals surface area contributed by atoms with Crippen LogP contribution in [-0.2, 0) is 0 Å². The minimum Gasteiger partial charge on any atom is -0.383 e. The van der Waals surface area contributed by atoms with Crippen molar-refractivity contribution in [2.24, 2.45) is 0 Å². The van der Waals surface area contributed by atoms with Crippen molar-refractivity contribution in [2.75, 3.05) is 17.2 Å². The Kier molecular flexibility index (Phi) is 4.30. The van der Waals surface area contributed by atoms with Crippen LogP contribution in [0, 0.1) is 12.7 Å². The maximum Gasteiger partial charge on any atom is 0.257 e. The van der Waals surface area contributed by atoms with E-state index in [1.165, 1.54) is 12.1 Å². The zero-order valence-corrected chi connectivity index (χ0v) is 11.4. The Morgan fingerprint density at radius 3 is 2.85 bits per heavy atom. The summed E-state index contributed by atoms with van der Waals surface area (Å²) in [4.78, 5) is 16.2. The lowest BCUT2D eigenvalue weighted by atomic mass is 10.2. The third-order valence-electron chi connectivity index (χ3n) is 2.73. The highest BCUT2D eigenvalue weighted by Crippen LogP contribution is 2.18. The van der Waals surface area contributed by atoms with Gasteiger partial charge in [-0.2, -0.15) is 0 Å².